The van der Waals surface area contributed by atoms with Crippen molar-refractivity contribution in [3.8, 4) is 0 Å². The van der Waals surface area contributed by atoms with Gasteiger partial charge in [0.2, 0.25) is 5.91 Å². The molecule has 2 rings (SSSR count). The Kier molecular flexibility index (Phi) is 6.52. The molecule has 1 aromatic carbocycles. The highest BCUT2D eigenvalue weighted by Crippen LogP contribution is 2.17. The van der Waals surface area contributed by atoms with Crippen LogP contribution in [0.5, 0.6) is 0 Å². The third-order valence-electron chi connectivity index (χ3n) is 3.10. The monoisotopic (exact) mass is 364 g/mol. The lowest BCUT2D eigenvalue weighted by Gasteiger charge is -2.07. The molecule has 0 atom stereocenters. The van der Waals surface area contributed by atoms with Gasteiger partial charge in [0.15, 0.2) is 0 Å². The van der Waals surface area contributed by atoms with E-state index in [0.29, 0.717) is 11.4 Å². The molecule has 1 amide bonds. The molecular weight excluding hydrogens is 348 g/mol. The molecule has 0 spiro atoms. The van der Waals surface area contributed by atoms with Crippen LogP contribution in [0.1, 0.15) is 12.0 Å². The number of nitrogens with one attached hydrogen (secondary N) is 1. The minimum atomic E-state index is -0.867. The van der Waals surface area contributed by atoms with Crippen LogP contribution in [0.25, 0.3) is 0 Å². The molecule has 9 nitrogen and oxygen atoms in total. The minimum Gasteiger partial charge on any atom is -0.481 e. The first-order valence-corrected chi connectivity index (χ1v) is 8.44. The second kappa shape index (κ2) is 8.83. The van der Waals surface area contributed by atoms with Crippen molar-refractivity contribution in [3.63, 3.8) is 0 Å². The number of carboxylic acid groups (broad SMARTS) is 1. The number of hydrogen-bond acceptors (Lipinski definition) is 6. The van der Waals surface area contributed by atoms with Crippen molar-refractivity contribution in [1.82, 2.24) is 9.78 Å². The van der Waals surface area contributed by atoms with Crippen molar-refractivity contribution in [2.24, 2.45) is 0 Å². The number of amides is 1. The average molecular weight is 364 g/mol. The summed E-state index contributed by atoms with van der Waals surface area (Å²) < 4.78 is 1.34. The molecule has 0 unspecified atom stereocenters. The third-order valence-corrected chi connectivity index (χ3v) is 4.09. The summed E-state index contributed by atoms with van der Waals surface area (Å²) in [6, 6.07) is 7.16. The summed E-state index contributed by atoms with van der Waals surface area (Å²) in [5.41, 5.74) is 1.41. The van der Waals surface area contributed by atoms with Crippen LogP contribution in [0.15, 0.2) is 36.7 Å². The van der Waals surface area contributed by atoms with Gasteiger partial charge in [0.05, 0.1) is 10.7 Å². The van der Waals surface area contributed by atoms with Gasteiger partial charge in [-0.3, -0.25) is 24.4 Å². The fourth-order valence-electron chi connectivity index (χ4n) is 2.00. The minimum absolute atomic E-state index is 0.0204. The van der Waals surface area contributed by atoms with Gasteiger partial charge in [0.1, 0.15) is 12.4 Å². The summed E-state index contributed by atoms with van der Waals surface area (Å²) in [5.74, 6) is -0.554. The second-order valence-electron chi connectivity index (χ2n) is 5.10. The third kappa shape index (κ3) is 6.26. The highest BCUT2D eigenvalue weighted by Gasteiger charge is 2.10. The average Bonchev–Trinajstić information content (AvgIpc) is 3.02. The molecule has 2 aromatic rings. The van der Waals surface area contributed by atoms with Crippen LogP contribution in [0.4, 0.5) is 11.4 Å². The molecule has 10 heteroatoms. The van der Waals surface area contributed by atoms with Crippen molar-refractivity contribution in [3.05, 3.63) is 52.3 Å². The predicted octanol–water partition coefficient (Wildman–Crippen LogP) is 2.14. The number of thioether (sulfide) groups is 1. The van der Waals surface area contributed by atoms with Crippen LogP contribution in [0.3, 0.4) is 0 Å². The Balaban J connectivity index is 1.83. The molecule has 1 aromatic heterocycles. The van der Waals surface area contributed by atoms with Crippen LogP contribution in [-0.4, -0.2) is 37.4 Å². The zero-order valence-corrected chi connectivity index (χ0v) is 13.9. The van der Waals surface area contributed by atoms with E-state index in [1.165, 1.54) is 22.6 Å². The zero-order valence-electron chi connectivity index (χ0n) is 13.1. The molecule has 0 fully saturated rings. The summed E-state index contributed by atoms with van der Waals surface area (Å²) in [7, 11) is 0. The summed E-state index contributed by atoms with van der Waals surface area (Å²) in [6.45, 7) is 0.230. The Morgan fingerprint density at radius 3 is 2.88 bits per heavy atom. The van der Waals surface area contributed by atoms with Gasteiger partial charge < -0.3 is 10.4 Å². The lowest BCUT2D eigenvalue weighted by atomic mass is 10.2. The number of nitrogens with zero attached hydrogens (tertiary/aromatic N) is 3. The first-order chi connectivity index (χ1) is 11.9. The second-order valence-corrected chi connectivity index (χ2v) is 6.09. The largest absolute Gasteiger partial charge is 0.481 e. The maximum atomic E-state index is 12.0. The standard InChI is InChI=1S/C15H16N4O5S/c20-14(4-5-18-8-13(7-16-18)19(23)24)17-12-3-1-2-11(6-12)9-25-10-15(21)22/h1-3,6-8H,4-5,9-10H2,(H,17,20)(H,21,22). The Bertz CT molecular complexity index is 777. The summed E-state index contributed by atoms with van der Waals surface area (Å²) >= 11 is 1.28. The lowest BCUT2D eigenvalue weighted by Crippen LogP contribution is -2.14. The van der Waals surface area contributed by atoms with E-state index in [1.807, 2.05) is 6.07 Å². The molecule has 2 N–H and O–H groups in total. The Morgan fingerprint density at radius 1 is 1.40 bits per heavy atom. The highest BCUT2D eigenvalue weighted by molar-refractivity contribution is 7.99. The number of carbonyl (C=O) groups is 2. The van der Waals surface area contributed by atoms with Crippen LogP contribution >= 0.6 is 11.8 Å². The van der Waals surface area contributed by atoms with Crippen molar-refractivity contribution in [2.75, 3.05) is 11.1 Å². The fourth-order valence-corrected chi connectivity index (χ4v) is 2.70. The van der Waals surface area contributed by atoms with Crippen LogP contribution in [0, 0.1) is 10.1 Å². The number of nitro groups is 1. The number of aryl methyl sites for hydroxylation is 1. The van der Waals surface area contributed by atoms with E-state index in [2.05, 4.69) is 10.4 Å². The van der Waals surface area contributed by atoms with Gasteiger partial charge in [0, 0.05) is 24.4 Å². The van der Waals surface area contributed by atoms with E-state index >= 15 is 0 Å². The smallest absolute Gasteiger partial charge is 0.313 e. The molecule has 0 saturated carbocycles. The molecule has 0 aliphatic carbocycles. The first-order valence-electron chi connectivity index (χ1n) is 7.29. The van der Waals surface area contributed by atoms with Gasteiger partial charge in [0.25, 0.3) is 0 Å². The zero-order chi connectivity index (χ0) is 18.2. The molecule has 25 heavy (non-hydrogen) atoms. The number of hydrogen-bond donors (Lipinski definition) is 2. The quantitative estimate of drug-likeness (QED) is 0.515. The van der Waals surface area contributed by atoms with E-state index < -0.39 is 10.9 Å². The van der Waals surface area contributed by atoms with Gasteiger partial charge in [-0.1, -0.05) is 12.1 Å². The molecule has 132 valence electrons. The SMILES string of the molecule is O=C(O)CSCc1cccc(NC(=O)CCn2cc([N+](=O)[O-])cn2)c1. The van der Waals surface area contributed by atoms with Gasteiger partial charge in [-0.05, 0) is 17.7 Å². The lowest BCUT2D eigenvalue weighted by molar-refractivity contribution is -0.385. The summed E-state index contributed by atoms with van der Waals surface area (Å²) in [4.78, 5) is 32.5. The Labute approximate surface area is 147 Å². The van der Waals surface area contributed by atoms with Crippen molar-refractivity contribution >= 4 is 35.0 Å². The highest BCUT2D eigenvalue weighted by atomic mass is 32.2. The number of carbonyl (C=O) groups excluding carboxylic acids is 1. The van der Waals surface area contributed by atoms with Gasteiger partial charge in [-0.2, -0.15) is 5.10 Å². The van der Waals surface area contributed by atoms with Gasteiger partial charge >= 0.3 is 11.7 Å². The van der Waals surface area contributed by atoms with E-state index in [4.69, 9.17) is 5.11 Å². The van der Waals surface area contributed by atoms with Gasteiger partial charge in [-0.25, -0.2) is 0 Å². The molecule has 0 bridgehead atoms. The molecule has 0 radical (unpaired) electrons. The molecule has 1 heterocycles. The first kappa shape index (κ1) is 18.5. The normalized spacial score (nSPS) is 10.4. The molecule has 0 saturated heterocycles. The number of benzene rings is 1. The number of aliphatic carboxylic acids is 1. The van der Waals surface area contributed by atoms with Crippen LogP contribution in [-0.2, 0) is 21.9 Å². The molecule has 0 aliphatic heterocycles. The Hall–Kier alpha value is -2.88. The number of carboxylic acids is 1. The summed E-state index contributed by atoms with van der Waals surface area (Å²) in [5, 5.41) is 25.8. The van der Waals surface area contributed by atoms with E-state index in [-0.39, 0.29) is 30.3 Å². The maximum Gasteiger partial charge on any atom is 0.313 e. The van der Waals surface area contributed by atoms with Gasteiger partial charge in [-0.15, -0.1) is 11.8 Å². The van der Waals surface area contributed by atoms with Crippen LogP contribution in [0.2, 0.25) is 0 Å². The number of aromatic nitrogens is 2. The van der Waals surface area contributed by atoms with Crippen molar-refractivity contribution in [1.29, 1.82) is 0 Å². The number of anilines is 1. The van der Waals surface area contributed by atoms with Crippen molar-refractivity contribution in [2.45, 2.75) is 18.7 Å². The van der Waals surface area contributed by atoms with Crippen molar-refractivity contribution < 1.29 is 19.6 Å². The fraction of sp³-hybridized carbons (Fsp3) is 0.267. The van der Waals surface area contributed by atoms with E-state index in [9.17, 15) is 19.7 Å². The number of rotatable bonds is 9. The maximum absolute atomic E-state index is 12.0. The topological polar surface area (TPSA) is 127 Å². The molecular formula is C15H16N4O5S. The van der Waals surface area contributed by atoms with E-state index in [1.54, 1.807) is 18.2 Å². The predicted molar refractivity (Wildman–Crippen MR) is 92.4 cm³/mol. The molecule has 0 aliphatic rings. The summed E-state index contributed by atoms with van der Waals surface area (Å²) in [6.07, 6.45) is 2.53. The van der Waals surface area contributed by atoms with Crippen LogP contribution < -0.4 is 5.32 Å². The Morgan fingerprint density at radius 2 is 2.20 bits per heavy atom. The van der Waals surface area contributed by atoms with E-state index in [0.717, 1.165) is 11.8 Å².